The molecule has 2 fully saturated rings. The van der Waals surface area contributed by atoms with Crippen molar-refractivity contribution in [1.29, 1.82) is 0 Å². The van der Waals surface area contributed by atoms with Crippen molar-refractivity contribution in [2.24, 2.45) is 23.7 Å². The lowest BCUT2D eigenvalue weighted by molar-refractivity contribution is -0.149. The molecule has 1 heterocycles. The first-order chi connectivity index (χ1) is 10.5. The number of carboxylic acid groups (broad SMARTS) is 1. The average Bonchev–Trinajstić information content (AvgIpc) is 3.18. The Kier molecular flexibility index (Phi) is 3.90. The van der Waals surface area contributed by atoms with Crippen LogP contribution in [0.5, 0.6) is 0 Å². The van der Waals surface area contributed by atoms with E-state index in [-0.39, 0.29) is 23.7 Å². The molecule has 0 aliphatic heterocycles. The highest BCUT2D eigenvalue weighted by atomic mass is 32.1. The van der Waals surface area contributed by atoms with Gasteiger partial charge < -0.3 is 5.11 Å². The molecule has 0 aromatic carbocycles. The van der Waals surface area contributed by atoms with E-state index in [1.165, 1.54) is 11.3 Å². The normalized spacial score (nSPS) is 29.3. The Morgan fingerprint density at radius 3 is 2.45 bits per heavy atom. The molecule has 7 heteroatoms. The molecule has 1 aromatic heterocycles. The Balaban J connectivity index is 1.63. The van der Waals surface area contributed by atoms with Gasteiger partial charge in [0.05, 0.1) is 16.7 Å². The van der Waals surface area contributed by atoms with E-state index in [2.05, 4.69) is 10.9 Å². The molecular formula is C15H18N2O4S. The van der Waals surface area contributed by atoms with Crippen molar-refractivity contribution in [3.63, 3.8) is 0 Å². The summed E-state index contributed by atoms with van der Waals surface area (Å²) in [6.45, 7) is 1.82. The third-order valence-electron chi connectivity index (χ3n) is 4.87. The number of carbonyl (C=O) groups excluding carboxylic acids is 2. The largest absolute Gasteiger partial charge is 0.481 e. The Labute approximate surface area is 131 Å². The topological polar surface area (TPSA) is 95.5 Å². The van der Waals surface area contributed by atoms with Crippen molar-refractivity contribution in [3.8, 4) is 0 Å². The van der Waals surface area contributed by atoms with E-state index >= 15 is 0 Å². The lowest BCUT2D eigenvalue weighted by Gasteiger charge is -2.26. The molecule has 3 rings (SSSR count). The van der Waals surface area contributed by atoms with Crippen LogP contribution in [-0.2, 0) is 9.59 Å². The number of amides is 2. The molecule has 118 valence electrons. The number of rotatable bonds is 3. The van der Waals surface area contributed by atoms with E-state index in [0.717, 1.165) is 24.8 Å². The van der Waals surface area contributed by atoms with Gasteiger partial charge >= 0.3 is 5.97 Å². The fourth-order valence-corrected chi connectivity index (χ4v) is 4.71. The van der Waals surface area contributed by atoms with Crippen LogP contribution in [0, 0.1) is 30.6 Å². The van der Waals surface area contributed by atoms with Crippen LogP contribution in [-0.4, -0.2) is 22.9 Å². The molecule has 6 nitrogen and oxygen atoms in total. The van der Waals surface area contributed by atoms with Crippen LogP contribution in [0.1, 0.15) is 34.5 Å². The Morgan fingerprint density at radius 2 is 1.86 bits per heavy atom. The fraction of sp³-hybridized carbons (Fsp3) is 0.533. The first kappa shape index (κ1) is 15.0. The molecule has 0 radical (unpaired) electrons. The second-order valence-corrected chi connectivity index (χ2v) is 7.02. The van der Waals surface area contributed by atoms with Gasteiger partial charge in [-0.1, -0.05) is 0 Å². The standard InChI is InChI=1S/C15H18N2O4S/c1-7-4-5-22-12(7)14(19)17-16-13(18)10-8-2-3-9(6-8)11(10)15(20)21/h4-5,8-11H,2-3,6H2,1H3,(H,16,18)(H,17,19)(H,20,21)/t8-,9-,10+,11-/m0/s1. The number of aryl methyl sites for hydroxylation is 1. The van der Waals surface area contributed by atoms with E-state index in [4.69, 9.17) is 0 Å². The van der Waals surface area contributed by atoms with Gasteiger partial charge in [0, 0.05) is 0 Å². The zero-order valence-corrected chi connectivity index (χ0v) is 13.0. The van der Waals surface area contributed by atoms with Crippen LogP contribution in [0.3, 0.4) is 0 Å². The third kappa shape index (κ3) is 2.49. The van der Waals surface area contributed by atoms with Crippen molar-refractivity contribution >= 4 is 29.1 Å². The van der Waals surface area contributed by atoms with Crippen LogP contribution >= 0.6 is 11.3 Å². The highest BCUT2D eigenvalue weighted by Crippen LogP contribution is 2.52. The highest BCUT2D eigenvalue weighted by Gasteiger charge is 2.54. The summed E-state index contributed by atoms with van der Waals surface area (Å²) in [7, 11) is 0. The van der Waals surface area contributed by atoms with Gasteiger partial charge in [0.15, 0.2) is 0 Å². The maximum Gasteiger partial charge on any atom is 0.307 e. The first-order valence-electron chi connectivity index (χ1n) is 7.36. The molecule has 4 atom stereocenters. The highest BCUT2D eigenvalue weighted by molar-refractivity contribution is 7.12. The molecule has 0 saturated heterocycles. The molecule has 22 heavy (non-hydrogen) atoms. The summed E-state index contributed by atoms with van der Waals surface area (Å²) in [5.74, 6) is -2.62. The molecule has 2 saturated carbocycles. The minimum atomic E-state index is -0.909. The quantitative estimate of drug-likeness (QED) is 0.736. The first-order valence-corrected chi connectivity index (χ1v) is 8.24. The predicted molar refractivity (Wildman–Crippen MR) is 80.1 cm³/mol. The van der Waals surface area contributed by atoms with Crippen LogP contribution in [0.15, 0.2) is 11.4 Å². The zero-order chi connectivity index (χ0) is 15.9. The average molecular weight is 322 g/mol. The van der Waals surface area contributed by atoms with Gasteiger partial charge in [-0.05, 0) is 55.0 Å². The molecule has 2 amide bonds. The van der Waals surface area contributed by atoms with Gasteiger partial charge in [0.1, 0.15) is 0 Å². The van der Waals surface area contributed by atoms with Crippen LogP contribution in [0.25, 0.3) is 0 Å². The smallest absolute Gasteiger partial charge is 0.307 e. The molecule has 0 unspecified atom stereocenters. The number of aliphatic carboxylic acids is 1. The van der Waals surface area contributed by atoms with Gasteiger partial charge in [-0.25, -0.2) is 0 Å². The number of carbonyl (C=O) groups is 3. The van der Waals surface area contributed by atoms with Gasteiger partial charge in [0.2, 0.25) is 5.91 Å². The number of hydrogen-bond donors (Lipinski definition) is 3. The zero-order valence-electron chi connectivity index (χ0n) is 12.2. The minimum Gasteiger partial charge on any atom is -0.481 e. The SMILES string of the molecule is Cc1ccsc1C(=O)NNC(=O)[C@@H]1[C@H]2CC[C@@H](C2)[C@@H]1C(=O)O. The molecule has 2 bridgehead atoms. The Hall–Kier alpha value is -1.89. The maximum atomic E-state index is 12.3. The van der Waals surface area contributed by atoms with Crippen molar-refractivity contribution in [2.75, 3.05) is 0 Å². The van der Waals surface area contributed by atoms with Gasteiger partial charge in [-0.15, -0.1) is 11.3 Å². The number of hydrogen-bond acceptors (Lipinski definition) is 4. The van der Waals surface area contributed by atoms with Crippen molar-refractivity contribution < 1.29 is 19.5 Å². The number of carboxylic acids is 1. The van der Waals surface area contributed by atoms with Gasteiger partial charge in [-0.3, -0.25) is 25.2 Å². The van der Waals surface area contributed by atoms with Crippen molar-refractivity contribution in [2.45, 2.75) is 26.2 Å². The molecule has 2 aliphatic carbocycles. The van der Waals surface area contributed by atoms with Crippen LogP contribution in [0.2, 0.25) is 0 Å². The lowest BCUT2D eigenvalue weighted by Crippen LogP contribution is -2.48. The summed E-state index contributed by atoms with van der Waals surface area (Å²) < 4.78 is 0. The van der Waals surface area contributed by atoms with E-state index < -0.39 is 17.8 Å². The molecule has 2 aliphatic rings. The molecule has 0 spiro atoms. The Bertz CT molecular complexity index is 627. The summed E-state index contributed by atoms with van der Waals surface area (Å²) in [6.07, 6.45) is 2.57. The van der Waals surface area contributed by atoms with Crippen molar-refractivity contribution in [1.82, 2.24) is 10.9 Å². The number of thiophene rings is 1. The summed E-state index contributed by atoms with van der Waals surface area (Å²) >= 11 is 1.30. The van der Waals surface area contributed by atoms with Crippen molar-refractivity contribution in [3.05, 3.63) is 21.9 Å². The van der Waals surface area contributed by atoms with Gasteiger partial charge in [0.25, 0.3) is 5.91 Å². The monoisotopic (exact) mass is 322 g/mol. The minimum absolute atomic E-state index is 0.0912. The Morgan fingerprint density at radius 1 is 1.18 bits per heavy atom. The summed E-state index contributed by atoms with van der Waals surface area (Å²) in [6, 6.07) is 1.83. The molecule has 3 N–H and O–H groups in total. The van der Waals surface area contributed by atoms with E-state index in [0.29, 0.717) is 4.88 Å². The number of hydrazine groups is 1. The van der Waals surface area contributed by atoms with Gasteiger partial charge in [-0.2, -0.15) is 0 Å². The van der Waals surface area contributed by atoms with Crippen LogP contribution in [0.4, 0.5) is 0 Å². The predicted octanol–water partition coefficient (Wildman–Crippen LogP) is 1.56. The second-order valence-electron chi connectivity index (χ2n) is 6.10. The second kappa shape index (κ2) is 5.72. The molecular weight excluding hydrogens is 304 g/mol. The number of nitrogens with one attached hydrogen (secondary N) is 2. The summed E-state index contributed by atoms with van der Waals surface area (Å²) in [5, 5.41) is 11.2. The lowest BCUT2D eigenvalue weighted by atomic mass is 9.79. The number of fused-ring (bicyclic) bond motifs is 2. The van der Waals surface area contributed by atoms with E-state index in [9.17, 15) is 19.5 Å². The van der Waals surface area contributed by atoms with E-state index in [1.54, 1.807) is 0 Å². The maximum absolute atomic E-state index is 12.3. The third-order valence-corrected chi connectivity index (χ3v) is 5.89. The summed E-state index contributed by atoms with van der Waals surface area (Å²) in [4.78, 5) is 36.3. The van der Waals surface area contributed by atoms with Crippen LogP contribution < -0.4 is 10.9 Å². The fourth-order valence-electron chi connectivity index (χ4n) is 3.89. The molecule has 1 aromatic rings. The summed E-state index contributed by atoms with van der Waals surface area (Å²) in [5.41, 5.74) is 5.66. The van der Waals surface area contributed by atoms with E-state index in [1.807, 2.05) is 18.4 Å².